The van der Waals surface area contributed by atoms with E-state index in [4.69, 9.17) is 0 Å². The van der Waals surface area contributed by atoms with Gasteiger partial charge in [-0.15, -0.1) is 0 Å². The lowest BCUT2D eigenvalue weighted by Gasteiger charge is -2.12. The zero-order valence-electron chi connectivity index (χ0n) is 10.6. The lowest BCUT2D eigenvalue weighted by molar-refractivity contribution is 0.0951. The predicted molar refractivity (Wildman–Crippen MR) is 76.9 cm³/mol. The summed E-state index contributed by atoms with van der Waals surface area (Å²) < 4.78 is 0.979. The third-order valence-electron chi connectivity index (χ3n) is 3.45. The van der Waals surface area contributed by atoms with Gasteiger partial charge in [-0.05, 0) is 50.4 Å². The van der Waals surface area contributed by atoms with Gasteiger partial charge in [-0.2, -0.15) is 0 Å². The molecule has 1 aliphatic rings. The molecule has 1 heterocycles. The fourth-order valence-corrected chi connectivity index (χ4v) is 2.68. The minimum absolute atomic E-state index is 0.0202. The summed E-state index contributed by atoms with van der Waals surface area (Å²) >= 11 is 3.45. The zero-order valence-corrected chi connectivity index (χ0v) is 12.2. The van der Waals surface area contributed by atoms with Crippen molar-refractivity contribution in [3.05, 3.63) is 33.8 Å². The monoisotopic (exact) mass is 310 g/mol. The summed E-state index contributed by atoms with van der Waals surface area (Å²) in [6.45, 7) is 3.81. The molecule has 0 bridgehead atoms. The highest BCUT2D eigenvalue weighted by Gasteiger charge is 2.14. The molecule has 1 fully saturated rings. The van der Waals surface area contributed by atoms with Gasteiger partial charge in [0, 0.05) is 22.6 Å². The number of carbonyl (C=O) groups is 1. The van der Waals surface area contributed by atoms with E-state index in [1.807, 2.05) is 25.1 Å². The average molecular weight is 311 g/mol. The maximum Gasteiger partial charge on any atom is 0.251 e. The van der Waals surface area contributed by atoms with Crippen molar-refractivity contribution in [1.29, 1.82) is 0 Å². The van der Waals surface area contributed by atoms with Crippen molar-refractivity contribution >= 4 is 21.8 Å². The molecule has 1 aliphatic heterocycles. The third kappa shape index (κ3) is 3.33. The lowest BCUT2D eigenvalue weighted by Crippen LogP contribution is -2.30. The van der Waals surface area contributed by atoms with Crippen LogP contribution in [0.1, 0.15) is 35.2 Å². The second-order valence-corrected chi connectivity index (χ2v) is 5.60. The van der Waals surface area contributed by atoms with E-state index in [9.17, 15) is 4.79 Å². The summed E-state index contributed by atoms with van der Waals surface area (Å²) in [6, 6.07) is 6.29. The van der Waals surface area contributed by atoms with E-state index < -0.39 is 0 Å². The smallest absolute Gasteiger partial charge is 0.251 e. The van der Waals surface area contributed by atoms with Gasteiger partial charge in [0.25, 0.3) is 5.91 Å². The Morgan fingerprint density at radius 1 is 1.56 bits per heavy atom. The van der Waals surface area contributed by atoms with Crippen LogP contribution in [0.3, 0.4) is 0 Å². The number of halogens is 1. The fourth-order valence-electron chi connectivity index (χ4n) is 2.31. The van der Waals surface area contributed by atoms with E-state index in [1.54, 1.807) is 0 Å². The molecule has 0 aromatic heterocycles. The number of hydrogen-bond acceptors (Lipinski definition) is 2. The van der Waals surface area contributed by atoms with Crippen molar-refractivity contribution in [2.45, 2.75) is 32.2 Å². The number of nitrogens with one attached hydrogen (secondary N) is 2. The Morgan fingerprint density at radius 2 is 2.39 bits per heavy atom. The minimum Gasteiger partial charge on any atom is -0.352 e. The fraction of sp³-hybridized carbons (Fsp3) is 0.500. The highest BCUT2D eigenvalue weighted by atomic mass is 79.9. The Labute approximate surface area is 116 Å². The van der Waals surface area contributed by atoms with Crippen LogP contribution in [0.15, 0.2) is 22.7 Å². The maximum absolute atomic E-state index is 12.0. The molecule has 98 valence electrons. The van der Waals surface area contributed by atoms with Crippen molar-refractivity contribution in [2.75, 3.05) is 13.1 Å². The molecule has 2 N–H and O–H groups in total. The molecular formula is C14H19BrN2O. The molecule has 18 heavy (non-hydrogen) atoms. The van der Waals surface area contributed by atoms with Crippen molar-refractivity contribution < 1.29 is 4.79 Å². The Bertz CT molecular complexity index is 428. The van der Waals surface area contributed by atoms with Crippen LogP contribution in [0.2, 0.25) is 0 Å². The summed E-state index contributed by atoms with van der Waals surface area (Å²) in [5.74, 6) is 0.0202. The van der Waals surface area contributed by atoms with Gasteiger partial charge in [0.2, 0.25) is 0 Å². The Kier molecular flexibility index (Phi) is 4.78. The van der Waals surface area contributed by atoms with Crippen LogP contribution in [0.5, 0.6) is 0 Å². The SMILES string of the molecule is Cc1c(Br)cccc1C(=O)NCC[C@@H]1CCCN1. The first kappa shape index (κ1) is 13.6. The molecule has 1 aromatic carbocycles. The topological polar surface area (TPSA) is 41.1 Å². The van der Waals surface area contributed by atoms with Crippen molar-refractivity contribution in [3.8, 4) is 0 Å². The quantitative estimate of drug-likeness (QED) is 0.897. The second kappa shape index (κ2) is 6.34. The maximum atomic E-state index is 12.0. The molecule has 1 amide bonds. The molecule has 0 radical (unpaired) electrons. The van der Waals surface area contributed by atoms with Crippen molar-refractivity contribution in [1.82, 2.24) is 10.6 Å². The van der Waals surface area contributed by atoms with E-state index in [0.29, 0.717) is 6.04 Å². The van der Waals surface area contributed by atoms with Crippen LogP contribution in [-0.4, -0.2) is 25.0 Å². The summed E-state index contributed by atoms with van der Waals surface area (Å²) in [4.78, 5) is 12.0. The highest BCUT2D eigenvalue weighted by molar-refractivity contribution is 9.10. The first-order chi connectivity index (χ1) is 8.68. The number of carbonyl (C=O) groups excluding carboxylic acids is 1. The number of amides is 1. The van der Waals surface area contributed by atoms with Gasteiger partial charge < -0.3 is 10.6 Å². The van der Waals surface area contributed by atoms with E-state index in [1.165, 1.54) is 12.8 Å². The van der Waals surface area contributed by atoms with Crippen LogP contribution in [0.4, 0.5) is 0 Å². The van der Waals surface area contributed by atoms with Crippen molar-refractivity contribution in [2.24, 2.45) is 0 Å². The van der Waals surface area contributed by atoms with Gasteiger partial charge in [0.1, 0.15) is 0 Å². The number of benzene rings is 1. The van der Waals surface area contributed by atoms with Gasteiger partial charge in [0.05, 0.1) is 0 Å². The molecule has 1 atom stereocenters. The van der Waals surface area contributed by atoms with Gasteiger partial charge >= 0.3 is 0 Å². The average Bonchev–Trinajstić information content (AvgIpc) is 2.85. The second-order valence-electron chi connectivity index (χ2n) is 4.75. The molecule has 1 saturated heterocycles. The normalized spacial score (nSPS) is 18.9. The van der Waals surface area contributed by atoms with Crippen LogP contribution in [0, 0.1) is 6.92 Å². The predicted octanol–water partition coefficient (Wildman–Crippen LogP) is 2.63. The number of hydrogen-bond donors (Lipinski definition) is 2. The molecular weight excluding hydrogens is 292 g/mol. The molecule has 0 aliphatic carbocycles. The van der Waals surface area contributed by atoms with Gasteiger partial charge in [0.15, 0.2) is 0 Å². The van der Waals surface area contributed by atoms with E-state index in [0.717, 1.165) is 35.1 Å². The van der Waals surface area contributed by atoms with E-state index in [2.05, 4.69) is 26.6 Å². The van der Waals surface area contributed by atoms with Crippen LogP contribution >= 0.6 is 15.9 Å². The summed E-state index contributed by atoms with van der Waals surface area (Å²) in [6.07, 6.45) is 3.49. The lowest BCUT2D eigenvalue weighted by atomic mass is 10.1. The third-order valence-corrected chi connectivity index (χ3v) is 4.31. The van der Waals surface area contributed by atoms with E-state index in [-0.39, 0.29) is 5.91 Å². The highest BCUT2D eigenvalue weighted by Crippen LogP contribution is 2.19. The summed E-state index contributed by atoms with van der Waals surface area (Å²) in [7, 11) is 0. The molecule has 0 spiro atoms. The first-order valence-corrected chi connectivity index (χ1v) is 7.24. The Morgan fingerprint density at radius 3 is 3.11 bits per heavy atom. The minimum atomic E-state index is 0.0202. The first-order valence-electron chi connectivity index (χ1n) is 6.45. The molecule has 4 heteroatoms. The van der Waals surface area contributed by atoms with Crippen LogP contribution in [-0.2, 0) is 0 Å². The summed E-state index contributed by atoms with van der Waals surface area (Å²) in [5, 5.41) is 6.43. The standard InChI is InChI=1S/C14H19BrN2O/c1-10-12(5-2-6-13(10)15)14(18)17-9-7-11-4-3-8-16-11/h2,5-6,11,16H,3-4,7-9H2,1H3,(H,17,18)/t11-/m0/s1. The zero-order chi connectivity index (χ0) is 13.0. The van der Waals surface area contributed by atoms with Crippen LogP contribution < -0.4 is 10.6 Å². The Hall–Kier alpha value is -0.870. The summed E-state index contributed by atoms with van der Waals surface area (Å²) in [5.41, 5.74) is 1.75. The molecule has 0 unspecified atom stereocenters. The van der Waals surface area contributed by atoms with Gasteiger partial charge in [-0.1, -0.05) is 22.0 Å². The molecule has 3 nitrogen and oxygen atoms in total. The largest absolute Gasteiger partial charge is 0.352 e. The molecule has 0 saturated carbocycles. The van der Waals surface area contributed by atoms with Gasteiger partial charge in [-0.3, -0.25) is 4.79 Å². The molecule has 1 aromatic rings. The van der Waals surface area contributed by atoms with Crippen LogP contribution in [0.25, 0.3) is 0 Å². The van der Waals surface area contributed by atoms with Gasteiger partial charge in [-0.25, -0.2) is 0 Å². The van der Waals surface area contributed by atoms with Crippen molar-refractivity contribution in [3.63, 3.8) is 0 Å². The van der Waals surface area contributed by atoms with E-state index >= 15 is 0 Å². The Balaban J connectivity index is 1.85. The number of rotatable bonds is 4. The molecule has 2 rings (SSSR count).